The molecule has 2 aliphatic rings. The number of hydrogen-bond donors (Lipinski definition) is 0. The van der Waals surface area contributed by atoms with Crippen molar-refractivity contribution < 1.29 is 8.42 Å². The van der Waals surface area contributed by atoms with Crippen LogP contribution < -0.4 is 0 Å². The van der Waals surface area contributed by atoms with Crippen molar-refractivity contribution in [3.8, 4) is 0 Å². The van der Waals surface area contributed by atoms with Gasteiger partial charge in [0, 0.05) is 45.1 Å². The van der Waals surface area contributed by atoms with E-state index in [-0.39, 0.29) is 5.92 Å². The standard InChI is InChI=1S/C17H27N3O2S/c1-15(2)17(6-7-17)23(21,22)20-13-11-19(12-14-20)10-5-16-3-8-18-9-4-16/h3-4,8-9,15H,5-7,10-14H2,1-2H3. The minimum atomic E-state index is -3.14. The van der Waals surface area contributed by atoms with Gasteiger partial charge < -0.3 is 4.90 Å². The van der Waals surface area contributed by atoms with Crippen molar-refractivity contribution in [3.05, 3.63) is 30.1 Å². The number of sulfonamides is 1. The molecule has 0 bridgehead atoms. The molecule has 5 nitrogen and oxygen atoms in total. The zero-order valence-electron chi connectivity index (χ0n) is 14.1. The SMILES string of the molecule is CC(C)C1(S(=O)(=O)N2CCN(CCc3ccncc3)CC2)CC1. The molecular formula is C17H27N3O2S. The van der Waals surface area contributed by atoms with Gasteiger partial charge in [-0.05, 0) is 42.9 Å². The lowest BCUT2D eigenvalue weighted by atomic mass is 10.1. The average Bonchev–Trinajstić information content (AvgIpc) is 3.37. The van der Waals surface area contributed by atoms with Crippen LogP contribution in [-0.2, 0) is 16.4 Å². The Balaban J connectivity index is 1.53. The van der Waals surface area contributed by atoms with Crippen LogP contribution >= 0.6 is 0 Å². The summed E-state index contributed by atoms with van der Waals surface area (Å²) in [6, 6.07) is 4.08. The monoisotopic (exact) mass is 337 g/mol. The first-order chi connectivity index (χ1) is 11.0. The lowest BCUT2D eigenvalue weighted by molar-refractivity contribution is 0.188. The van der Waals surface area contributed by atoms with Crippen molar-refractivity contribution in [2.75, 3.05) is 32.7 Å². The third-order valence-electron chi connectivity index (χ3n) is 5.45. The third kappa shape index (κ3) is 3.30. The predicted molar refractivity (Wildman–Crippen MR) is 91.7 cm³/mol. The lowest BCUT2D eigenvalue weighted by Crippen LogP contribution is -2.52. The van der Waals surface area contributed by atoms with Crippen LogP contribution in [0.5, 0.6) is 0 Å². The number of rotatable bonds is 6. The van der Waals surface area contributed by atoms with Crippen LogP contribution in [0.1, 0.15) is 32.3 Å². The second-order valence-electron chi connectivity index (χ2n) is 7.07. The Hall–Kier alpha value is -0.980. The summed E-state index contributed by atoms with van der Waals surface area (Å²) >= 11 is 0. The quantitative estimate of drug-likeness (QED) is 0.794. The van der Waals surface area contributed by atoms with Gasteiger partial charge in [0.05, 0.1) is 4.75 Å². The zero-order valence-corrected chi connectivity index (χ0v) is 14.9. The maximum Gasteiger partial charge on any atom is 0.220 e. The molecule has 0 aromatic carbocycles. The third-order valence-corrected chi connectivity index (χ3v) is 8.40. The fourth-order valence-electron chi connectivity index (χ4n) is 3.54. The molecule has 1 aromatic heterocycles. The molecule has 0 N–H and O–H groups in total. The summed E-state index contributed by atoms with van der Waals surface area (Å²) in [7, 11) is -3.14. The zero-order chi connectivity index (χ0) is 16.5. The van der Waals surface area contributed by atoms with Gasteiger partial charge in [0.1, 0.15) is 0 Å². The molecule has 2 fully saturated rings. The maximum atomic E-state index is 12.9. The van der Waals surface area contributed by atoms with E-state index >= 15 is 0 Å². The maximum absolute atomic E-state index is 12.9. The van der Waals surface area contributed by atoms with Gasteiger partial charge in [0.15, 0.2) is 0 Å². The van der Waals surface area contributed by atoms with Gasteiger partial charge >= 0.3 is 0 Å². The van der Waals surface area contributed by atoms with Crippen molar-refractivity contribution in [2.24, 2.45) is 5.92 Å². The van der Waals surface area contributed by atoms with E-state index in [0.29, 0.717) is 13.1 Å². The van der Waals surface area contributed by atoms with Crippen LogP contribution in [0.4, 0.5) is 0 Å². The lowest BCUT2D eigenvalue weighted by Gasteiger charge is -2.37. The number of hydrogen-bond acceptors (Lipinski definition) is 4. The van der Waals surface area contributed by atoms with Crippen LogP contribution in [0, 0.1) is 5.92 Å². The smallest absolute Gasteiger partial charge is 0.220 e. The van der Waals surface area contributed by atoms with Gasteiger partial charge in [-0.25, -0.2) is 8.42 Å². The number of aromatic nitrogens is 1. The van der Waals surface area contributed by atoms with Crippen molar-refractivity contribution in [1.29, 1.82) is 0 Å². The molecule has 6 heteroatoms. The van der Waals surface area contributed by atoms with Crippen LogP contribution in [0.3, 0.4) is 0 Å². The summed E-state index contributed by atoms with van der Waals surface area (Å²) in [5.41, 5.74) is 1.28. The first-order valence-corrected chi connectivity index (χ1v) is 10.0. The summed E-state index contributed by atoms with van der Waals surface area (Å²) in [6.07, 6.45) is 6.29. The number of piperazine rings is 1. The van der Waals surface area contributed by atoms with Gasteiger partial charge in [-0.15, -0.1) is 0 Å². The molecule has 0 spiro atoms. The summed E-state index contributed by atoms with van der Waals surface area (Å²) in [5.74, 6) is 0.206. The molecule has 1 saturated heterocycles. The van der Waals surface area contributed by atoms with Crippen LogP contribution in [0.2, 0.25) is 0 Å². The molecular weight excluding hydrogens is 310 g/mol. The molecule has 3 rings (SSSR count). The molecule has 1 aliphatic carbocycles. The van der Waals surface area contributed by atoms with E-state index < -0.39 is 14.8 Å². The highest BCUT2D eigenvalue weighted by Gasteiger charge is 2.58. The largest absolute Gasteiger partial charge is 0.300 e. The van der Waals surface area contributed by atoms with Gasteiger partial charge in [-0.1, -0.05) is 13.8 Å². The molecule has 128 valence electrons. The molecule has 0 atom stereocenters. The second-order valence-corrected chi connectivity index (χ2v) is 9.35. The minimum absolute atomic E-state index is 0.206. The molecule has 1 aliphatic heterocycles. The Morgan fingerprint density at radius 2 is 1.74 bits per heavy atom. The van der Waals surface area contributed by atoms with Crippen molar-refractivity contribution >= 4 is 10.0 Å². The van der Waals surface area contributed by atoms with Crippen molar-refractivity contribution in [3.63, 3.8) is 0 Å². The highest BCUT2D eigenvalue weighted by atomic mass is 32.2. The Morgan fingerprint density at radius 3 is 2.26 bits per heavy atom. The molecule has 1 saturated carbocycles. The molecule has 2 heterocycles. The fourth-order valence-corrected chi connectivity index (χ4v) is 5.92. The van der Waals surface area contributed by atoms with Crippen molar-refractivity contribution in [2.45, 2.75) is 37.9 Å². The highest BCUT2D eigenvalue weighted by Crippen LogP contribution is 2.50. The molecule has 0 amide bonds. The Labute approximate surface area is 139 Å². The van der Waals surface area contributed by atoms with Gasteiger partial charge in [0.2, 0.25) is 10.0 Å². The molecule has 0 unspecified atom stereocenters. The topological polar surface area (TPSA) is 53.5 Å². The van der Waals surface area contributed by atoms with E-state index in [1.165, 1.54) is 5.56 Å². The molecule has 1 aromatic rings. The summed E-state index contributed by atoms with van der Waals surface area (Å²) in [4.78, 5) is 6.40. The summed E-state index contributed by atoms with van der Waals surface area (Å²) in [6.45, 7) is 7.98. The Bertz CT molecular complexity index is 618. The van der Waals surface area contributed by atoms with Crippen LogP contribution in [-0.4, -0.2) is 60.1 Å². The first kappa shape index (κ1) is 16.9. The van der Waals surface area contributed by atoms with E-state index in [4.69, 9.17) is 0 Å². The van der Waals surface area contributed by atoms with E-state index in [1.54, 1.807) is 4.31 Å². The number of pyridine rings is 1. The van der Waals surface area contributed by atoms with E-state index in [2.05, 4.69) is 9.88 Å². The Kier molecular flexibility index (Phi) is 4.76. The van der Waals surface area contributed by atoms with E-state index in [9.17, 15) is 8.42 Å². The normalized spacial score (nSPS) is 22.4. The average molecular weight is 337 g/mol. The Morgan fingerprint density at radius 1 is 1.13 bits per heavy atom. The van der Waals surface area contributed by atoms with Crippen LogP contribution in [0.15, 0.2) is 24.5 Å². The predicted octanol–water partition coefficient (Wildman–Crippen LogP) is 1.76. The van der Waals surface area contributed by atoms with Crippen LogP contribution in [0.25, 0.3) is 0 Å². The van der Waals surface area contributed by atoms with Gasteiger partial charge in [-0.3, -0.25) is 4.98 Å². The van der Waals surface area contributed by atoms with Gasteiger partial charge in [0.25, 0.3) is 0 Å². The summed E-state index contributed by atoms with van der Waals surface area (Å²) < 4.78 is 27.1. The van der Waals surface area contributed by atoms with E-state index in [0.717, 1.165) is 38.9 Å². The van der Waals surface area contributed by atoms with Crippen molar-refractivity contribution in [1.82, 2.24) is 14.2 Å². The summed E-state index contributed by atoms with van der Waals surface area (Å²) in [5, 5.41) is 0. The fraction of sp³-hybridized carbons (Fsp3) is 0.706. The van der Waals surface area contributed by atoms with E-state index in [1.807, 2.05) is 38.4 Å². The minimum Gasteiger partial charge on any atom is -0.300 e. The highest BCUT2D eigenvalue weighted by molar-refractivity contribution is 7.90. The molecule has 0 radical (unpaired) electrons. The number of nitrogens with zero attached hydrogens (tertiary/aromatic N) is 3. The first-order valence-electron chi connectivity index (χ1n) is 8.57. The van der Waals surface area contributed by atoms with Gasteiger partial charge in [-0.2, -0.15) is 4.31 Å². The second kappa shape index (κ2) is 6.49. The molecule has 23 heavy (non-hydrogen) atoms.